The summed E-state index contributed by atoms with van der Waals surface area (Å²) in [7, 11) is 0. The van der Waals surface area contributed by atoms with E-state index in [0.29, 0.717) is 13.3 Å². The van der Waals surface area contributed by atoms with Crippen molar-refractivity contribution in [2.24, 2.45) is 5.73 Å². The highest BCUT2D eigenvalue weighted by atomic mass is 16.7. The molecular formula is C16H23NO2. The van der Waals surface area contributed by atoms with Crippen LogP contribution in [0.2, 0.25) is 0 Å². The Kier molecular flexibility index (Phi) is 3.17. The molecule has 2 aliphatic rings. The number of benzene rings is 1. The number of hydrogen-bond acceptors (Lipinski definition) is 3. The monoisotopic (exact) mass is 261 g/mol. The summed E-state index contributed by atoms with van der Waals surface area (Å²) >= 11 is 0. The molecule has 0 aromatic heterocycles. The Labute approximate surface area is 115 Å². The van der Waals surface area contributed by atoms with Crippen molar-refractivity contribution in [3.8, 4) is 11.5 Å². The molecule has 1 aliphatic carbocycles. The fourth-order valence-electron chi connectivity index (χ4n) is 3.69. The van der Waals surface area contributed by atoms with Gasteiger partial charge in [0.25, 0.3) is 0 Å². The Bertz CT molecular complexity index is 490. The van der Waals surface area contributed by atoms with Gasteiger partial charge in [-0.2, -0.15) is 0 Å². The lowest BCUT2D eigenvalue weighted by atomic mass is 9.67. The van der Waals surface area contributed by atoms with Gasteiger partial charge in [-0.25, -0.2) is 0 Å². The van der Waals surface area contributed by atoms with E-state index in [0.717, 1.165) is 11.5 Å². The fourth-order valence-corrected chi connectivity index (χ4v) is 3.69. The summed E-state index contributed by atoms with van der Waals surface area (Å²) in [6, 6.07) is 2.09. The van der Waals surface area contributed by atoms with E-state index in [2.05, 4.69) is 19.9 Å². The van der Waals surface area contributed by atoms with E-state index >= 15 is 0 Å². The first-order valence-corrected chi connectivity index (χ1v) is 7.28. The highest BCUT2D eigenvalue weighted by Crippen LogP contribution is 2.49. The molecule has 3 rings (SSSR count). The third-order valence-corrected chi connectivity index (χ3v) is 4.91. The van der Waals surface area contributed by atoms with Crippen LogP contribution in [0.1, 0.15) is 48.8 Å². The molecule has 1 aromatic rings. The maximum atomic E-state index is 6.19. The average Bonchev–Trinajstić information content (AvgIpc) is 2.88. The van der Waals surface area contributed by atoms with E-state index < -0.39 is 0 Å². The van der Waals surface area contributed by atoms with Crippen molar-refractivity contribution in [2.75, 3.05) is 13.3 Å². The lowest BCUT2D eigenvalue weighted by Gasteiger charge is -2.38. The number of hydrogen-bond donors (Lipinski definition) is 1. The van der Waals surface area contributed by atoms with E-state index in [1.807, 2.05) is 0 Å². The van der Waals surface area contributed by atoms with Crippen molar-refractivity contribution < 1.29 is 9.47 Å². The van der Waals surface area contributed by atoms with Crippen LogP contribution < -0.4 is 15.2 Å². The van der Waals surface area contributed by atoms with E-state index in [9.17, 15) is 0 Å². The zero-order valence-corrected chi connectivity index (χ0v) is 11.9. The number of aryl methyl sites for hydroxylation is 1. The van der Waals surface area contributed by atoms with Gasteiger partial charge in [0.1, 0.15) is 0 Å². The Morgan fingerprint density at radius 2 is 1.89 bits per heavy atom. The van der Waals surface area contributed by atoms with Gasteiger partial charge in [0.2, 0.25) is 6.79 Å². The molecule has 0 spiro atoms. The second-order valence-electron chi connectivity index (χ2n) is 5.97. The van der Waals surface area contributed by atoms with Crippen LogP contribution in [0, 0.1) is 13.8 Å². The standard InChI is InChI=1S/C16H23NO2/c1-11-8-13-15(19-10-18-13)14(12(11)2)16(9-17)6-4-3-5-7-16/h8H,3-7,9-10,17H2,1-2H3. The molecule has 104 valence electrons. The van der Waals surface area contributed by atoms with Crippen LogP contribution >= 0.6 is 0 Å². The number of fused-ring (bicyclic) bond motifs is 1. The van der Waals surface area contributed by atoms with Crippen molar-refractivity contribution in [3.63, 3.8) is 0 Å². The molecule has 0 saturated heterocycles. The fraction of sp³-hybridized carbons (Fsp3) is 0.625. The summed E-state index contributed by atoms with van der Waals surface area (Å²) in [4.78, 5) is 0. The second-order valence-corrected chi connectivity index (χ2v) is 5.97. The van der Waals surface area contributed by atoms with Gasteiger partial charge in [0.15, 0.2) is 11.5 Å². The van der Waals surface area contributed by atoms with Crippen molar-refractivity contribution >= 4 is 0 Å². The van der Waals surface area contributed by atoms with E-state index in [-0.39, 0.29) is 5.41 Å². The third-order valence-electron chi connectivity index (χ3n) is 4.91. The summed E-state index contributed by atoms with van der Waals surface area (Å²) in [6.45, 7) is 5.38. The van der Waals surface area contributed by atoms with Gasteiger partial charge >= 0.3 is 0 Å². The normalized spacial score (nSPS) is 20.6. The lowest BCUT2D eigenvalue weighted by molar-refractivity contribution is 0.170. The molecular weight excluding hydrogens is 238 g/mol. The number of nitrogens with two attached hydrogens (primary N) is 1. The Morgan fingerprint density at radius 3 is 2.58 bits per heavy atom. The van der Waals surface area contributed by atoms with E-state index in [1.54, 1.807) is 0 Å². The van der Waals surface area contributed by atoms with Gasteiger partial charge in [0, 0.05) is 17.5 Å². The second kappa shape index (κ2) is 4.71. The van der Waals surface area contributed by atoms with Crippen LogP contribution in [0.15, 0.2) is 6.07 Å². The molecule has 3 nitrogen and oxygen atoms in total. The molecule has 19 heavy (non-hydrogen) atoms. The molecule has 3 heteroatoms. The minimum atomic E-state index is 0.0894. The minimum Gasteiger partial charge on any atom is -0.454 e. The van der Waals surface area contributed by atoms with Crippen molar-refractivity contribution in [3.05, 3.63) is 22.8 Å². The maximum absolute atomic E-state index is 6.19. The van der Waals surface area contributed by atoms with Gasteiger partial charge in [0.05, 0.1) is 0 Å². The molecule has 1 heterocycles. The predicted molar refractivity (Wildman–Crippen MR) is 75.9 cm³/mol. The first-order valence-electron chi connectivity index (χ1n) is 7.28. The van der Waals surface area contributed by atoms with Crippen molar-refractivity contribution in [2.45, 2.75) is 51.4 Å². The summed E-state index contributed by atoms with van der Waals surface area (Å²) < 4.78 is 11.4. The summed E-state index contributed by atoms with van der Waals surface area (Å²) in [5.41, 5.74) is 10.2. The summed E-state index contributed by atoms with van der Waals surface area (Å²) in [6.07, 6.45) is 6.19. The van der Waals surface area contributed by atoms with E-state index in [4.69, 9.17) is 15.2 Å². The zero-order chi connectivity index (χ0) is 13.5. The summed E-state index contributed by atoms with van der Waals surface area (Å²) in [5.74, 6) is 1.85. The molecule has 0 bridgehead atoms. The van der Waals surface area contributed by atoms with Gasteiger partial charge < -0.3 is 15.2 Å². The van der Waals surface area contributed by atoms with Gasteiger partial charge in [-0.15, -0.1) is 0 Å². The molecule has 1 aliphatic heterocycles. The molecule has 1 aromatic carbocycles. The molecule has 0 unspecified atom stereocenters. The van der Waals surface area contributed by atoms with Crippen LogP contribution in [-0.4, -0.2) is 13.3 Å². The summed E-state index contributed by atoms with van der Waals surface area (Å²) in [5, 5.41) is 0. The highest BCUT2D eigenvalue weighted by Gasteiger charge is 2.39. The first kappa shape index (κ1) is 12.8. The molecule has 2 N–H and O–H groups in total. The largest absolute Gasteiger partial charge is 0.454 e. The van der Waals surface area contributed by atoms with Gasteiger partial charge in [-0.3, -0.25) is 0 Å². The quantitative estimate of drug-likeness (QED) is 0.889. The maximum Gasteiger partial charge on any atom is 0.231 e. The van der Waals surface area contributed by atoms with Crippen LogP contribution in [0.5, 0.6) is 11.5 Å². The average molecular weight is 261 g/mol. The van der Waals surface area contributed by atoms with Crippen LogP contribution in [0.25, 0.3) is 0 Å². The molecule has 1 saturated carbocycles. The van der Waals surface area contributed by atoms with Gasteiger partial charge in [-0.1, -0.05) is 19.3 Å². The molecule has 0 atom stereocenters. The van der Waals surface area contributed by atoms with Crippen molar-refractivity contribution in [1.82, 2.24) is 0 Å². The Hall–Kier alpha value is -1.22. The third kappa shape index (κ3) is 1.91. The molecule has 0 radical (unpaired) electrons. The SMILES string of the molecule is Cc1cc2c(c(C3(CN)CCCCC3)c1C)OCO2. The van der Waals surface area contributed by atoms with Crippen molar-refractivity contribution in [1.29, 1.82) is 0 Å². The van der Waals surface area contributed by atoms with Crippen LogP contribution in [0.3, 0.4) is 0 Å². The minimum absolute atomic E-state index is 0.0894. The molecule has 1 fully saturated rings. The lowest BCUT2D eigenvalue weighted by Crippen LogP contribution is -2.38. The Morgan fingerprint density at radius 1 is 1.16 bits per heavy atom. The predicted octanol–water partition coefficient (Wildman–Crippen LogP) is 3.19. The highest BCUT2D eigenvalue weighted by molar-refractivity contribution is 5.58. The Balaban J connectivity index is 2.17. The number of ether oxygens (including phenoxy) is 2. The topological polar surface area (TPSA) is 44.5 Å². The smallest absolute Gasteiger partial charge is 0.231 e. The number of rotatable bonds is 2. The van der Waals surface area contributed by atoms with E-state index in [1.165, 1.54) is 48.8 Å². The molecule has 0 amide bonds. The zero-order valence-electron chi connectivity index (χ0n) is 11.9. The van der Waals surface area contributed by atoms with Crippen LogP contribution in [0.4, 0.5) is 0 Å². The first-order chi connectivity index (χ1) is 9.18. The van der Waals surface area contributed by atoms with Crippen LogP contribution in [-0.2, 0) is 5.41 Å². The van der Waals surface area contributed by atoms with Gasteiger partial charge in [-0.05, 0) is 43.9 Å².